The van der Waals surface area contributed by atoms with Gasteiger partial charge >= 0.3 is 0 Å². The van der Waals surface area contributed by atoms with Gasteiger partial charge in [-0.3, -0.25) is 0 Å². The van der Waals surface area contributed by atoms with Crippen LogP contribution in [-0.2, 0) is 0 Å². The molecule has 2 rings (SSSR count). The summed E-state index contributed by atoms with van der Waals surface area (Å²) in [7, 11) is 0. The van der Waals surface area contributed by atoms with Gasteiger partial charge in [0.05, 0.1) is 0 Å². The maximum Gasteiger partial charge on any atom is 0.0122 e. The van der Waals surface area contributed by atoms with Gasteiger partial charge in [-0.2, -0.15) is 11.8 Å². The molecule has 1 saturated carbocycles. The van der Waals surface area contributed by atoms with Gasteiger partial charge in [-0.05, 0) is 37.0 Å². The molecule has 0 radical (unpaired) electrons. The topological polar surface area (TPSA) is 26.0 Å². The molecule has 1 aliphatic heterocycles. The molecule has 52 valence electrons. The molecule has 2 N–H and O–H groups in total. The van der Waals surface area contributed by atoms with Gasteiger partial charge in [0.2, 0.25) is 0 Å². The fourth-order valence-corrected chi connectivity index (χ4v) is 3.54. The van der Waals surface area contributed by atoms with Crippen LogP contribution in [-0.4, -0.2) is 17.5 Å². The monoisotopic (exact) mass is 143 g/mol. The molecule has 2 aliphatic rings. The summed E-state index contributed by atoms with van der Waals surface area (Å²) in [5.41, 5.74) is 5.58. The van der Waals surface area contributed by atoms with Crippen molar-refractivity contribution >= 4 is 11.8 Å². The summed E-state index contributed by atoms with van der Waals surface area (Å²) in [5.74, 6) is 3.31. The van der Waals surface area contributed by atoms with Crippen molar-refractivity contribution in [1.82, 2.24) is 0 Å². The average Bonchev–Trinajstić information content (AvgIpc) is 2.60. The first kappa shape index (κ1) is 6.05. The third-order valence-corrected chi connectivity index (χ3v) is 4.13. The zero-order valence-electron chi connectivity index (χ0n) is 5.55. The highest BCUT2D eigenvalue weighted by atomic mass is 32.2. The Bertz CT molecular complexity index is 96.7. The van der Waals surface area contributed by atoms with Crippen LogP contribution in [0.2, 0.25) is 0 Å². The lowest BCUT2D eigenvalue weighted by Gasteiger charge is -2.04. The van der Waals surface area contributed by atoms with E-state index in [1.54, 1.807) is 0 Å². The highest BCUT2D eigenvalue weighted by molar-refractivity contribution is 8.00. The molecule has 3 unspecified atom stereocenters. The van der Waals surface area contributed by atoms with E-state index in [0.29, 0.717) is 0 Å². The lowest BCUT2D eigenvalue weighted by atomic mass is 10.2. The summed E-state index contributed by atoms with van der Waals surface area (Å²) in [4.78, 5) is 0. The number of fused-ring (bicyclic) bond motifs is 1. The van der Waals surface area contributed by atoms with E-state index in [1.807, 2.05) is 0 Å². The quantitative estimate of drug-likeness (QED) is 0.594. The third-order valence-electron chi connectivity index (χ3n) is 2.52. The molecule has 0 spiro atoms. The first-order chi connectivity index (χ1) is 4.43. The Labute approximate surface area is 60.4 Å². The van der Waals surface area contributed by atoms with Crippen molar-refractivity contribution in [3.05, 3.63) is 0 Å². The summed E-state index contributed by atoms with van der Waals surface area (Å²) >= 11 is 2.14. The van der Waals surface area contributed by atoms with Gasteiger partial charge in [-0.15, -0.1) is 0 Å². The molecule has 2 heteroatoms. The highest BCUT2D eigenvalue weighted by Crippen LogP contribution is 2.53. The zero-order valence-corrected chi connectivity index (χ0v) is 6.36. The summed E-state index contributed by atoms with van der Waals surface area (Å²) in [6, 6.07) is 0. The maximum atomic E-state index is 5.58. The Morgan fingerprint density at radius 1 is 1.56 bits per heavy atom. The average molecular weight is 143 g/mol. The van der Waals surface area contributed by atoms with Crippen LogP contribution in [0, 0.1) is 11.8 Å². The molecule has 0 bridgehead atoms. The van der Waals surface area contributed by atoms with Gasteiger partial charge in [0.1, 0.15) is 0 Å². The van der Waals surface area contributed by atoms with Crippen molar-refractivity contribution in [3.8, 4) is 0 Å². The van der Waals surface area contributed by atoms with Gasteiger partial charge < -0.3 is 5.73 Å². The standard InChI is InChI=1S/C7H13NS/c8-4-6-5-2-1-3-9-7(5)6/h5-7H,1-4,8H2. The molecule has 9 heavy (non-hydrogen) atoms. The van der Waals surface area contributed by atoms with E-state index in [4.69, 9.17) is 5.73 Å². The van der Waals surface area contributed by atoms with Crippen LogP contribution in [0.3, 0.4) is 0 Å². The van der Waals surface area contributed by atoms with Crippen LogP contribution in [0.5, 0.6) is 0 Å². The van der Waals surface area contributed by atoms with Gasteiger partial charge in [0, 0.05) is 5.25 Å². The summed E-state index contributed by atoms with van der Waals surface area (Å²) < 4.78 is 0. The summed E-state index contributed by atoms with van der Waals surface area (Å²) in [6.45, 7) is 0.933. The minimum Gasteiger partial charge on any atom is -0.330 e. The van der Waals surface area contributed by atoms with E-state index in [1.165, 1.54) is 18.6 Å². The molecule has 1 saturated heterocycles. The van der Waals surface area contributed by atoms with Gasteiger partial charge in [0.25, 0.3) is 0 Å². The number of hydrogen-bond donors (Lipinski definition) is 1. The van der Waals surface area contributed by atoms with Crippen molar-refractivity contribution in [2.75, 3.05) is 12.3 Å². The smallest absolute Gasteiger partial charge is 0.0122 e. The molecule has 3 atom stereocenters. The van der Waals surface area contributed by atoms with E-state index in [-0.39, 0.29) is 0 Å². The third kappa shape index (κ3) is 0.887. The molecule has 0 aromatic rings. The van der Waals surface area contributed by atoms with Crippen LogP contribution in [0.25, 0.3) is 0 Å². The number of nitrogens with two attached hydrogens (primary N) is 1. The second kappa shape index (κ2) is 2.17. The van der Waals surface area contributed by atoms with Crippen LogP contribution in [0.1, 0.15) is 12.8 Å². The predicted octanol–water partition coefficient (Wildman–Crippen LogP) is 1.09. The van der Waals surface area contributed by atoms with Crippen molar-refractivity contribution < 1.29 is 0 Å². The van der Waals surface area contributed by atoms with Crippen molar-refractivity contribution in [2.24, 2.45) is 17.6 Å². The molecule has 0 amide bonds. The van der Waals surface area contributed by atoms with Gasteiger partial charge in [-0.1, -0.05) is 0 Å². The van der Waals surface area contributed by atoms with E-state index in [2.05, 4.69) is 11.8 Å². The molecular formula is C7H13NS. The second-order valence-electron chi connectivity index (χ2n) is 3.04. The Kier molecular flexibility index (Phi) is 1.46. The number of rotatable bonds is 1. The van der Waals surface area contributed by atoms with Gasteiger partial charge in [-0.25, -0.2) is 0 Å². The fourth-order valence-electron chi connectivity index (χ4n) is 1.88. The normalized spacial score (nSPS) is 48.3. The van der Waals surface area contributed by atoms with E-state index in [9.17, 15) is 0 Å². The lowest BCUT2D eigenvalue weighted by molar-refractivity contribution is 0.638. The van der Waals surface area contributed by atoms with E-state index < -0.39 is 0 Å². The summed E-state index contributed by atoms with van der Waals surface area (Å²) in [5, 5.41) is 0.976. The van der Waals surface area contributed by atoms with E-state index >= 15 is 0 Å². The number of hydrogen-bond acceptors (Lipinski definition) is 2. The molecule has 1 nitrogen and oxygen atoms in total. The Hall–Kier alpha value is 0.310. The molecule has 2 fully saturated rings. The maximum absolute atomic E-state index is 5.58. The Morgan fingerprint density at radius 3 is 3.00 bits per heavy atom. The molecule has 1 aliphatic carbocycles. The zero-order chi connectivity index (χ0) is 6.27. The molecule has 0 aromatic heterocycles. The first-order valence-corrected chi connectivity index (χ1v) is 4.80. The van der Waals surface area contributed by atoms with E-state index in [0.717, 1.165) is 23.6 Å². The largest absolute Gasteiger partial charge is 0.330 e. The SMILES string of the molecule is NCC1C2CCCSC12. The van der Waals surface area contributed by atoms with Crippen LogP contribution in [0.15, 0.2) is 0 Å². The predicted molar refractivity (Wildman–Crippen MR) is 41.5 cm³/mol. The van der Waals surface area contributed by atoms with Crippen LogP contribution in [0.4, 0.5) is 0 Å². The number of thioether (sulfide) groups is 1. The fraction of sp³-hybridized carbons (Fsp3) is 1.00. The lowest BCUT2D eigenvalue weighted by Crippen LogP contribution is -2.03. The molecule has 0 aromatic carbocycles. The first-order valence-electron chi connectivity index (χ1n) is 3.75. The van der Waals surface area contributed by atoms with Crippen molar-refractivity contribution in [1.29, 1.82) is 0 Å². The van der Waals surface area contributed by atoms with Crippen LogP contribution >= 0.6 is 11.8 Å². The van der Waals surface area contributed by atoms with Gasteiger partial charge in [0.15, 0.2) is 0 Å². The summed E-state index contributed by atoms with van der Waals surface area (Å²) in [6.07, 6.45) is 2.89. The highest BCUT2D eigenvalue weighted by Gasteiger charge is 2.50. The van der Waals surface area contributed by atoms with Crippen molar-refractivity contribution in [2.45, 2.75) is 18.1 Å². The second-order valence-corrected chi connectivity index (χ2v) is 4.33. The minimum atomic E-state index is 0.900. The molecular weight excluding hydrogens is 130 g/mol. The Morgan fingerprint density at radius 2 is 2.44 bits per heavy atom. The minimum absolute atomic E-state index is 0.900. The molecule has 1 heterocycles. The van der Waals surface area contributed by atoms with Crippen LogP contribution < -0.4 is 5.73 Å². The van der Waals surface area contributed by atoms with Crippen molar-refractivity contribution in [3.63, 3.8) is 0 Å². The Balaban J connectivity index is 1.91.